The number of rotatable bonds is 9. The molecule has 0 bridgehead atoms. The van der Waals surface area contributed by atoms with Gasteiger partial charge in [0.05, 0.1) is 6.42 Å². The first-order valence-corrected chi connectivity index (χ1v) is 10.5. The van der Waals surface area contributed by atoms with Gasteiger partial charge in [0.15, 0.2) is 0 Å². The molecule has 4 nitrogen and oxygen atoms in total. The minimum atomic E-state index is -0.505. The molecule has 2 aromatic rings. The second kappa shape index (κ2) is 11.0. The molecule has 0 aromatic heterocycles. The van der Waals surface area contributed by atoms with Gasteiger partial charge in [-0.1, -0.05) is 74.3 Å². The van der Waals surface area contributed by atoms with E-state index in [4.69, 9.17) is 11.6 Å². The molecule has 2 amide bonds. The van der Waals surface area contributed by atoms with E-state index in [-0.39, 0.29) is 18.2 Å². The lowest BCUT2D eigenvalue weighted by molar-refractivity contribution is -0.141. The molecule has 29 heavy (non-hydrogen) atoms. The number of carbonyl (C=O) groups is 2. The fraction of sp³-hybridized carbons (Fsp3) is 0.417. The van der Waals surface area contributed by atoms with Crippen LogP contribution < -0.4 is 5.32 Å². The van der Waals surface area contributed by atoms with Crippen LogP contribution in [0.15, 0.2) is 48.5 Å². The molecule has 0 aliphatic heterocycles. The van der Waals surface area contributed by atoms with Crippen LogP contribution in [-0.2, 0) is 22.6 Å². The first kappa shape index (κ1) is 23.0. The van der Waals surface area contributed by atoms with E-state index in [9.17, 15) is 9.59 Å². The molecule has 0 aliphatic rings. The van der Waals surface area contributed by atoms with E-state index in [2.05, 4.69) is 19.2 Å². The molecule has 156 valence electrons. The lowest BCUT2D eigenvalue weighted by Crippen LogP contribution is -2.50. The SMILES string of the molecule is CC[C@@H](C(=O)NCC(C)C)N(Cc1ccc(C)cc1)C(=O)Cc1ccc(Cl)cc1. The van der Waals surface area contributed by atoms with E-state index in [1.54, 1.807) is 17.0 Å². The molecule has 0 aliphatic carbocycles. The van der Waals surface area contributed by atoms with Gasteiger partial charge < -0.3 is 10.2 Å². The van der Waals surface area contributed by atoms with Crippen LogP contribution in [0.2, 0.25) is 5.02 Å². The van der Waals surface area contributed by atoms with Crippen molar-refractivity contribution in [3.05, 3.63) is 70.2 Å². The van der Waals surface area contributed by atoms with Crippen LogP contribution in [0.1, 0.15) is 43.9 Å². The highest BCUT2D eigenvalue weighted by Crippen LogP contribution is 2.16. The summed E-state index contributed by atoms with van der Waals surface area (Å²) in [6, 6.07) is 14.8. The van der Waals surface area contributed by atoms with E-state index in [1.807, 2.05) is 50.2 Å². The predicted molar refractivity (Wildman–Crippen MR) is 119 cm³/mol. The van der Waals surface area contributed by atoms with Gasteiger partial charge in [-0.15, -0.1) is 0 Å². The van der Waals surface area contributed by atoms with Crippen molar-refractivity contribution in [2.24, 2.45) is 5.92 Å². The first-order valence-electron chi connectivity index (χ1n) is 10.2. The molecule has 2 rings (SSSR count). The molecular weight excluding hydrogens is 384 g/mol. The van der Waals surface area contributed by atoms with Gasteiger partial charge in [0.2, 0.25) is 11.8 Å². The average molecular weight is 415 g/mol. The molecule has 0 saturated carbocycles. The maximum absolute atomic E-state index is 13.2. The molecule has 0 heterocycles. The third-order valence-electron chi connectivity index (χ3n) is 4.81. The number of benzene rings is 2. The molecule has 0 radical (unpaired) electrons. The van der Waals surface area contributed by atoms with Crippen molar-refractivity contribution < 1.29 is 9.59 Å². The van der Waals surface area contributed by atoms with Crippen LogP contribution in [0.5, 0.6) is 0 Å². The molecule has 0 unspecified atom stereocenters. The standard InChI is InChI=1S/C24H31ClN2O2/c1-5-22(24(29)26-15-17(2)3)27(16-20-8-6-18(4)7-9-20)23(28)14-19-10-12-21(25)13-11-19/h6-13,17,22H,5,14-16H2,1-4H3,(H,26,29)/t22-/m0/s1. The van der Waals surface area contributed by atoms with E-state index >= 15 is 0 Å². The summed E-state index contributed by atoms with van der Waals surface area (Å²) in [5, 5.41) is 3.62. The minimum Gasteiger partial charge on any atom is -0.354 e. The summed E-state index contributed by atoms with van der Waals surface area (Å²) in [5.74, 6) is 0.184. The van der Waals surface area contributed by atoms with Gasteiger partial charge in [-0.05, 0) is 42.5 Å². The molecule has 1 atom stereocenters. The van der Waals surface area contributed by atoms with Crippen molar-refractivity contribution in [3.8, 4) is 0 Å². The number of nitrogens with one attached hydrogen (secondary N) is 1. The molecule has 0 spiro atoms. The minimum absolute atomic E-state index is 0.0700. The van der Waals surface area contributed by atoms with Crippen molar-refractivity contribution >= 4 is 23.4 Å². The third-order valence-corrected chi connectivity index (χ3v) is 5.06. The van der Waals surface area contributed by atoms with Gasteiger partial charge in [0.25, 0.3) is 0 Å². The molecule has 1 N–H and O–H groups in total. The summed E-state index contributed by atoms with van der Waals surface area (Å²) >= 11 is 5.96. The normalized spacial score (nSPS) is 11.9. The number of hydrogen-bond acceptors (Lipinski definition) is 2. The van der Waals surface area contributed by atoms with Crippen molar-refractivity contribution in [2.75, 3.05) is 6.54 Å². The molecule has 5 heteroatoms. The highest BCUT2D eigenvalue weighted by Gasteiger charge is 2.28. The van der Waals surface area contributed by atoms with Crippen molar-refractivity contribution in [1.82, 2.24) is 10.2 Å². The lowest BCUT2D eigenvalue weighted by atomic mass is 10.1. The zero-order valence-corrected chi connectivity index (χ0v) is 18.5. The summed E-state index contributed by atoms with van der Waals surface area (Å²) in [4.78, 5) is 27.8. The summed E-state index contributed by atoms with van der Waals surface area (Å²) in [6.45, 7) is 9.08. The van der Waals surface area contributed by atoms with Crippen molar-refractivity contribution in [1.29, 1.82) is 0 Å². The fourth-order valence-corrected chi connectivity index (χ4v) is 3.24. The van der Waals surface area contributed by atoms with Crippen LogP contribution in [0.3, 0.4) is 0 Å². The Labute approximate surface area is 179 Å². The summed E-state index contributed by atoms with van der Waals surface area (Å²) < 4.78 is 0. The quantitative estimate of drug-likeness (QED) is 0.642. The van der Waals surface area contributed by atoms with Crippen LogP contribution in [0, 0.1) is 12.8 Å². The fourth-order valence-electron chi connectivity index (χ4n) is 3.11. The summed E-state index contributed by atoms with van der Waals surface area (Å²) in [6.07, 6.45) is 0.791. The van der Waals surface area contributed by atoms with Crippen LogP contribution in [-0.4, -0.2) is 29.3 Å². The highest BCUT2D eigenvalue weighted by atomic mass is 35.5. The Morgan fingerprint density at radius 3 is 2.14 bits per heavy atom. The highest BCUT2D eigenvalue weighted by molar-refractivity contribution is 6.30. The third kappa shape index (κ3) is 7.21. The van der Waals surface area contributed by atoms with Gasteiger partial charge in [0, 0.05) is 18.1 Å². The number of hydrogen-bond donors (Lipinski definition) is 1. The summed E-state index contributed by atoms with van der Waals surface area (Å²) in [7, 11) is 0. The Kier molecular flexibility index (Phi) is 8.71. The predicted octanol–water partition coefficient (Wildman–Crippen LogP) is 4.77. The van der Waals surface area contributed by atoms with E-state index in [0.717, 1.165) is 16.7 Å². The number of halogens is 1. The number of amides is 2. The second-order valence-electron chi connectivity index (χ2n) is 7.87. The zero-order chi connectivity index (χ0) is 21.4. The van der Waals surface area contributed by atoms with Gasteiger partial charge in [0.1, 0.15) is 6.04 Å². The van der Waals surface area contributed by atoms with Crippen molar-refractivity contribution in [3.63, 3.8) is 0 Å². The molecule has 2 aromatic carbocycles. The number of nitrogens with zero attached hydrogens (tertiary/aromatic N) is 1. The maximum atomic E-state index is 13.2. The lowest BCUT2D eigenvalue weighted by Gasteiger charge is -2.31. The van der Waals surface area contributed by atoms with Crippen LogP contribution in [0.4, 0.5) is 0 Å². The largest absolute Gasteiger partial charge is 0.354 e. The smallest absolute Gasteiger partial charge is 0.242 e. The Morgan fingerprint density at radius 2 is 1.59 bits per heavy atom. The van der Waals surface area contributed by atoms with Crippen LogP contribution in [0.25, 0.3) is 0 Å². The maximum Gasteiger partial charge on any atom is 0.242 e. The number of aryl methyl sites for hydroxylation is 1. The van der Waals surface area contributed by atoms with E-state index < -0.39 is 6.04 Å². The molecular formula is C24H31ClN2O2. The van der Waals surface area contributed by atoms with Gasteiger partial charge in [-0.25, -0.2) is 0 Å². The number of carbonyl (C=O) groups excluding carboxylic acids is 2. The Balaban J connectivity index is 2.24. The Hall–Kier alpha value is -2.33. The van der Waals surface area contributed by atoms with E-state index in [0.29, 0.717) is 30.5 Å². The van der Waals surface area contributed by atoms with Gasteiger partial charge in [-0.3, -0.25) is 9.59 Å². The average Bonchev–Trinajstić information content (AvgIpc) is 2.69. The monoisotopic (exact) mass is 414 g/mol. The topological polar surface area (TPSA) is 49.4 Å². The van der Waals surface area contributed by atoms with Gasteiger partial charge in [-0.2, -0.15) is 0 Å². The summed E-state index contributed by atoms with van der Waals surface area (Å²) in [5.41, 5.74) is 3.05. The second-order valence-corrected chi connectivity index (χ2v) is 8.31. The Morgan fingerprint density at radius 1 is 1.00 bits per heavy atom. The molecule has 0 fully saturated rings. The van der Waals surface area contributed by atoms with Gasteiger partial charge >= 0.3 is 0 Å². The zero-order valence-electron chi connectivity index (χ0n) is 17.7. The first-order chi connectivity index (χ1) is 13.8. The molecule has 0 saturated heterocycles. The van der Waals surface area contributed by atoms with Crippen molar-refractivity contribution in [2.45, 2.75) is 53.1 Å². The van der Waals surface area contributed by atoms with E-state index in [1.165, 1.54) is 0 Å². The Bertz CT molecular complexity index is 801. The van der Waals surface area contributed by atoms with Crippen LogP contribution >= 0.6 is 11.6 Å².